The highest BCUT2D eigenvalue weighted by atomic mass is 16.7. The zero-order valence-corrected chi connectivity index (χ0v) is 12.0. The van der Waals surface area contributed by atoms with Crippen LogP contribution in [0.4, 0.5) is 0 Å². The highest BCUT2D eigenvalue weighted by Crippen LogP contribution is 2.71. The van der Waals surface area contributed by atoms with Gasteiger partial charge in [-0.15, -0.1) is 0 Å². The minimum absolute atomic E-state index is 0.0264. The molecule has 4 atom stereocenters. The van der Waals surface area contributed by atoms with Gasteiger partial charge in [0.05, 0.1) is 13.2 Å². The summed E-state index contributed by atoms with van der Waals surface area (Å²) >= 11 is 0. The molecule has 0 spiro atoms. The molecule has 0 aromatic rings. The first kappa shape index (κ1) is 13.5. The number of fused-ring (bicyclic) bond motifs is 3. The van der Waals surface area contributed by atoms with E-state index < -0.39 is 11.2 Å². The molecule has 1 aliphatic heterocycles. The summed E-state index contributed by atoms with van der Waals surface area (Å²) in [7, 11) is 0. The summed E-state index contributed by atoms with van der Waals surface area (Å²) in [5, 5.41) is 19.5. The number of rotatable bonds is 2. The summed E-state index contributed by atoms with van der Waals surface area (Å²) in [6, 6.07) is 0. The van der Waals surface area contributed by atoms with Crippen LogP contribution in [0.5, 0.6) is 0 Å². The Morgan fingerprint density at radius 3 is 2.47 bits per heavy atom. The lowest BCUT2D eigenvalue weighted by atomic mass is 9.46. The summed E-state index contributed by atoms with van der Waals surface area (Å²) < 4.78 is 5.78. The summed E-state index contributed by atoms with van der Waals surface area (Å²) in [6.07, 6.45) is 3.61. The van der Waals surface area contributed by atoms with Crippen molar-refractivity contribution in [1.82, 2.24) is 0 Å². The van der Waals surface area contributed by atoms with Crippen molar-refractivity contribution in [2.45, 2.75) is 57.7 Å². The molecule has 108 valence electrons. The molecule has 0 unspecified atom stereocenters. The predicted octanol–water partition coefficient (Wildman–Crippen LogP) is 1.28. The van der Waals surface area contributed by atoms with Crippen molar-refractivity contribution < 1.29 is 19.7 Å². The number of carbonyl (C=O) groups is 1. The fourth-order valence-electron chi connectivity index (χ4n) is 5.18. The smallest absolute Gasteiger partial charge is 0.181 e. The van der Waals surface area contributed by atoms with Gasteiger partial charge in [0, 0.05) is 11.8 Å². The molecule has 3 aliphatic rings. The van der Waals surface area contributed by atoms with Crippen molar-refractivity contribution in [3.63, 3.8) is 0 Å². The first-order valence-corrected chi connectivity index (χ1v) is 7.25. The van der Waals surface area contributed by atoms with E-state index in [1.807, 2.05) is 0 Å². The van der Waals surface area contributed by atoms with Crippen molar-refractivity contribution in [3.05, 3.63) is 0 Å². The van der Waals surface area contributed by atoms with Crippen LogP contribution in [-0.2, 0) is 9.53 Å². The molecule has 19 heavy (non-hydrogen) atoms. The van der Waals surface area contributed by atoms with Crippen molar-refractivity contribution in [3.8, 4) is 0 Å². The van der Waals surface area contributed by atoms with Crippen molar-refractivity contribution in [1.29, 1.82) is 0 Å². The zero-order valence-electron chi connectivity index (χ0n) is 12.0. The Morgan fingerprint density at radius 2 is 1.89 bits per heavy atom. The van der Waals surface area contributed by atoms with E-state index in [1.54, 1.807) is 0 Å². The number of ketones is 1. The van der Waals surface area contributed by atoms with E-state index >= 15 is 0 Å². The maximum Gasteiger partial charge on any atom is 0.181 e. The molecule has 2 aliphatic carbocycles. The maximum absolute atomic E-state index is 12.4. The van der Waals surface area contributed by atoms with Gasteiger partial charge in [0.15, 0.2) is 11.4 Å². The molecule has 2 N–H and O–H groups in total. The van der Waals surface area contributed by atoms with E-state index in [4.69, 9.17) is 4.74 Å². The van der Waals surface area contributed by atoms with Crippen LogP contribution in [0.25, 0.3) is 0 Å². The number of hydrogen-bond donors (Lipinski definition) is 2. The minimum atomic E-state index is -1.12. The monoisotopic (exact) mass is 268 g/mol. The van der Waals surface area contributed by atoms with Gasteiger partial charge in [-0.3, -0.25) is 4.79 Å². The molecule has 0 radical (unpaired) electrons. The van der Waals surface area contributed by atoms with E-state index in [0.717, 1.165) is 19.3 Å². The second-order valence-electron chi connectivity index (χ2n) is 7.51. The molecule has 4 nitrogen and oxygen atoms in total. The lowest BCUT2D eigenvalue weighted by Gasteiger charge is -2.55. The van der Waals surface area contributed by atoms with Crippen LogP contribution in [0.1, 0.15) is 46.5 Å². The molecule has 3 fully saturated rings. The molecule has 1 heterocycles. The predicted molar refractivity (Wildman–Crippen MR) is 69.6 cm³/mol. The van der Waals surface area contributed by atoms with Gasteiger partial charge in [-0.2, -0.15) is 0 Å². The molecule has 0 amide bonds. The van der Waals surface area contributed by atoms with Crippen molar-refractivity contribution in [2.75, 3.05) is 13.2 Å². The standard InChI is InChI=1S/C15H24O4/c1-12(2)5-4-6-13(3)10(12)7-11(18)14(8-16)15(13,9-17)19-14/h10,16-17H,4-9H2,1-3H3/t10-,13-,14+,15-/m0/s1. The Labute approximate surface area is 114 Å². The molecule has 0 aromatic carbocycles. The number of epoxide rings is 1. The summed E-state index contributed by atoms with van der Waals surface area (Å²) in [6.45, 7) is 6.07. The largest absolute Gasteiger partial charge is 0.393 e. The maximum atomic E-state index is 12.4. The number of ether oxygens (including phenoxy) is 1. The Morgan fingerprint density at radius 1 is 1.21 bits per heavy atom. The van der Waals surface area contributed by atoms with Gasteiger partial charge in [-0.05, 0) is 24.2 Å². The third-order valence-electron chi connectivity index (χ3n) is 6.40. The molecular weight excluding hydrogens is 244 g/mol. The fourth-order valence-corrected chi connectivity index (χ4v) is 5.18. The Hall–Kier alpha value is -0.450. The SMILES string of the molecule is CC1(C)CCC[C@@]2(C)[C@H]1CC(=O)[C@@]1(CO)O[C@@]21CO. The highest BCUT2D eigenvalue weighted by molar-refractivity contribution is 5.94. The van der Waals surface area contributed by atoms with Gasteiger partial charge in [0.25, 0.3) is 0 Å². The van der Waals surface area contributed by atoms with Gasteiger partial charge >= 0.3 is 0 Å². The Bertz CT molecular complexity index is 432. The summed E-state index contributed by atoms with van der Waals surface area (Å²) in [4.78, 5) is 12.4. The zero-order chi connectivity index (χ0) is 14.1. The van der Waals surface area contributed by atoms with Crippen LogP contribution in [0, 0.1) is 16.7 Å². The topological polar surface area (TPSA) is 70.1 Å². The number of hydrogen-bond acceptors (Lipinski definition) is 4. The number of aliphatic hydroxyl groups excluding tert-OH is 2. The fraction of sp³-hybridized carbons (Fsp3) is 0.933. The number of carbonyl (C=O) groups excluding carboxylic acids is 1. The molecule has 4 heteroatoms. The second kappa shape index (κ2) is 3.60. The Kier molecular flexibility index (Phi) is 2.56. The van der Waals surface area contributed by atoms with Crippen LogP contribution in [0.15, 0.2) is 0 Å². The third kappa shape index (κ3) is 1.28. The van der Waals surface area contributed by atoms with Crippen LogP contribution in [0.3, 0.4) is 0 Å². The first-order chi connectivity index (χ1) is 8.80. The molecular formula is C15H24O4. The average Bonchev–Trinajstić information content (AvgIpc) is 3.05. The van der Waals surface area contributed by atoms with E-state index in [-0.39, 0.29) is 35.7 Å². The van der Waals surface area contributed by atoms with E-state index in [9.17, 15) is 15.0 Å². The van der Waals surface area contributed by atoms with E-state index in [2.05, 4.69) is 20.8 Å². The van der Waals surface area contributed by atoms with Crippen LogP contribution in [0.2, 0.25) is 0 Å². The van der Waals surface area contributed by atoms with Crippen molar-refractivity contribution in [2.24, 2.45) is 16.7 Å². The van der Waals surface area contributed by atoms with Gasteiger partial charge in [0.1, 0.15) is 5.60 Å². The molecule has 1 saturated heterocycles. The third-order valence-corrected chi connectivity index (χ3v) is 6.40. The molecule has 0 bridgehead atoms. The summed E-state index contributed by atoms with van der Waals surface area (Å²) in [5.41, 5.74) is -2.12. The highest BCUT2D eigenvalue weighted by Gasteiger charge is 2.84. The van der Waals surface area contributed by atoms with E-state index in [1.165, 1.54) is 0 Å². The number of Topliss-reactive ketones (excluding diaryl/α,β-unsaturated/α-hetero) is 1. The quantitative estimate of drug-likeness (QED) is 0.740. The lowest BCUT2D eigenvalue weighted by molar-refractivity contribution is -0.139. The van der Waals surface area contributed by atoms with E-state index in [0.29, 0.717) is 6.42 Å². The molecule has 3 rings (SSSR count). The van der Waals surface area contributed by atoms with Crippen molar-refractivity contribution >= 4 is 5.78 Å². The van der Waals surface area contributed by atoms with Crippen LogP contribution in [-0.4, -0.2) is 40.4 Å². The Balaban J connectivity index is 2.10. The van der Waals surface area contributed by atoms with Crippen LogP contribution >= 0.6 is 0 Å². The van der Waals surface area contributed by atoms with Crippen LogP contribution < -0.4 is 0 Å². The lowest BCUT2D eigenvalue weighted by Crippen LogP contribution is -2.61. The number of aliphatic hydroxyl groups is 2. The van der Waals surface area contributed by atoms with Gasteiger partial charge in [-0.1, -0.05) is 27.2 Å². The normalized spacial score (nSPS) is 51.4. The minimum Gasteiger partial charge on any atom is -0.393 e. The summed E-state index contributed by atoms with van der Waals surface area (Å²) in [5.74, 6) is 0.192. The van der Waals surface area contributed by atoms with Gasteiger partial charge < -0.3 is 14.9 Å². The van der Waals surface area contributed by atoms with Gasteiger partial charge in [-0.25, -0.2) is 0 Å². The average molecular weight is 268 g/mol. The molecule has 0 aromatic heterocycles. The molecule has 2 saturated carbocycles. The first-order valence-electron chi connectivity index (χ1n) is 7.25. The van der Waals surface area contributed by atoms with Gasteiger partial charge in [0.2, 0.25) is 0 Å². The second-order valence-corrected chi connectivity index (χ2v) is 7.51.